The highest BCUT2D eigenvalue weighted by Crippen LogP contribution is 2.29. The van der Waals surface area contributed by atoms with Gasteiger partial charge in [-0.15, -0.1) is 0 Å². The lowest BCUT2D eigenvalue weighted by Crippen LogP contribution is -2.43. The van der Waals surface area contributed by atoms with Crippen molar-refractivity contribution in [3.8, 4) is 0 Å². The van der Waals surface area contributed by atoms with Gasteiger partial charge in [-0.05, 0) is 24.0 Å². The fourth-order valence-electron chi connectivity index (χ4n) is 4.31. The van der Waals surface area contributed by atoms with E-state index in [9.17, 15) is 9.59 Å². The lowest BCUT2D eigenvalue weighted by molar-refractivity contribution is -0.210. The molecule has 1 saturated carbocycles. The molecule has 1 heterocycles. The zero-order valence-corrected chi connectivity index (χ0v) is 16.7. The van der Waals surface area contributed by atoms with E-state index in [2.05, 4.69) is 0 Å². The largest absolute Gasteiger partial charge is 0.284 e. The SMILES string of the molecule is O=C1CC(ON(Cc2ccccc2)Cc2ccccc2)C(=O)N1C1CCCCC1. The summed E-state index contributed by atoms with van der Waals surface area (Å²) < 4.78 is 0. The van der Waals surface area contributed by atoms with Gasteiger partial charge in [-0.2, -0.15) is 5.06 Å². The zero-order valence-electron chi connectivity index (χ0n) is 16.7. The third-order valence-corrected chi connectivity index (χ3v) is 5.76. The molecule has 1 unspecified atom stereocenters. The first kappa shape index (κ1) is 19.8. The molecule has 29 heavy (non-hydrogen) atoms. The van der Waals surface area contributed by atoms with Crippen molar-refractivity contribution in [1.82, 2.24) is 9.96 Å². The number of hydrogen-bond donors (Lipinski definition) is 0. The van der Waals surface area contributed by atoms with E-state index < -0.39 is 6.10 Å². The quantitative estimate of drug-likeness (QED) is 0.526. The van der Waals surface area contributed by atoms with Crippen LogP contribution in [0.15, 0.2) is 60.7 Å². The Balaban J connectivity index is 1.47. The fourth-order valence-corrected chi connectivity index (χ4v) is 4.31. The molecule has 2 aliphatic rings. The molecule has 0 radical (unpaired) electrons. The van der Waals surface area contributed by atoms with Gasteiger partial charge in [0.15, 0.2) is 6.10 Å². The molecule has 4 rings (SSSR count). The van der Waals surface area contributed by atoms with E-state index >= 15 is 0 Å². The first-order valence-electron chi connectivity index (χ1n) is 10.6. The zero-order chi connectivity index (χ0) is 20.1. The van der Waals surface area contributed by atoms with Crippen LogP contribution in [-0.4, -0.2) is 33.9 Å². The van der Waals surface area contributed by atoms with E-state index in [0.29, 0.717) is 13.1 Å². The number of carbonyl (C=O) groups is 2. The second-order valence-electron chi connectivity index (χ2n) is 7.96. The lowest BCUT2D eigenvalue weighted by Gasteiger charge is -2.30. The van der Waals surface area contributed by atoms with Crippen LogP contribution < -0.4 is 0 Å². The highest BCUT2D eigenvalue weighted by molar-refractivity contribution is 6.05. The van der Waals surface area contributed by atoms with E-state index in [1.807, 2.05) is 65.7 Å². The molecule has 0 N–H and O–H groups in total. The number of rotatable bonds is 7. The maximum atomic E-state index is 13.0. The summed E-state index contributed by atoms with van der Waals surface area (Å²) in [6.07, 6.45) is 4.60. The first-order chi connectivity index (χ1) is 14.2. The van der Waals surface area contributed by atoms with Gasteiger partial charge >= 0.3 is 0 Å². The fraction of sp³-hybridized carbons (Fsp3) is 0.417. The summed E-state index contributed by atoms with van der Waals surface area (Å²) in [6.45, 7) is 1.11. The van der Waals surface area contributed by atoms with Gasteiger partial charge in [0.2, 0.25) is 5.91 Å². The van der Waals surface area contributed by atoms with Crippen LogP contribution in [0.3, 0.4) is 0 Å². The Kier molecular flexibility index (Phi) is 6.37. The summed E-state index contributed by atoms with van der Waals surface area (Å²) in [5, 5.41) is 1.81. The number of nitrogens with zero attached hydrogens (tertiary/aromatic N) is 2. The van der Waals surface area contributed by atoms with Crippen LogP contribution in [0.4, 0.5) is 0 Å². The number of hydrogen-bond acceptors (Lipinski definition) is 4. The van der Waals surface area contributed by atoms with Gasteiger partial charge in [-0.25, -0.2) is 0 Å². The summed E-state index contributed by atoms with van der Waals surface area (Å²) in [7, 11) is 0. The maximum absolute atomic E-state index is 13.0. The van der Waals surface area contributed by atoms with E-state index in [0.717, 1.165) is 36.8 Å². The minimum atomic E-state index is -0.725. The van der Waals surface area contributed by atoms with E-state index in [4.69, 9.17) is 4.84 Å². The number of imide groups is 1. The molecule has 2 aromatic carbocycles. The first-order valence-corrected chi connectivity index (χ1v) is 10.6. The average molecular weight is 392 g/mol. The van der Waals surface area contributed by atoms with Gasteiger partial charge in [0.05, 0.1) is 6.42 Å². The molecule has 1 atom stereocenters. The Labute approximate surface area is 172 Å². The summed E-state index contributed by atoms with van der Waals surface area (Å²) in [4.78, 5) is 33.2. The third kappa shape index (κ3) is 4.92. The van der Waals surface area contributed by atoms with E-state index in [1.54, 1.807) is 0 Å². The van der Waals surface area contributed by atoms with Gasteiger partial charge in [-0.1, -0.05) is 79.9 Å². The van der Waals surface area contributed by atoms with Crippen molar-refractivity contribution in [1.29, 1.82) is 0 Å². The summed E-state index contributed by atoms with van der Waals surface area (Å²) >= 11 is 0. The predicted molar refractivity (Wildman–Crippen MR) is 110 cm³/mol. The predicted octanol–water partition coefficient (Wildman–Crippen LogP) is 4.08. The minimum absolute atomic E-state index is 0.0500. The van der Waals surface area contributed by atoms with Crippen LogP contribution in [-0.2, 0) is 27.5 Å². The highest BCUT2D eigenvalue weighted by atomic mass is 16.7. The van der Waals surface area contributed by atoms with Crippen molar-refractivity contribution < 1.29 is 14.4 Å². The summed E-state index contributed by atoms with van der Waals surface area (Å²) in [5.74, 6) is -0.265. The van der Waals surface area contributed by atoms with E-state index in [1.165, 1.54) is 11.3 Å². The minimum Gasteiger partial charge on any atom is -0.284 e. The standard InChI is InChI=1S/C24H28N2O3/c27-23-16-22(24(28)26(23)21-14-8-3-9-15-21)29-25(17-19-10-4-1-5-11-19)18-20-12-6-2-7-13-20/h1-2,4-7,10-13,21-22H,3,8-9,14-18H2. The molecule has 1 aliphatic heterocycles. The topological polar surface area (TPSA) is 49.9 Å². The molecule has 2 amide bonds. The molecule has 2 fully saturated rings. The second kappa shape index (κ2) is 9.33. The second-order valence-corrected chi connectivity index (χ2v) is 7.96. The number of amides is 2. The van der Waals surface area contributed by atoms with Crippen LogP contribution in [0.1, 0.15) is 49.7 Å². The molecular formula is C24H28N2O3. The van der Waals surface area contributed by atoms with E-state index in [-0.39, 0.29) is 24.3 Å². The number of benzene rings is 2. The molecule has 1 saturated heterocycles. The van der Waals surface area contributed by atoms with Crippen molar-refractivity contribution in [3.05, 3.63) is 71.8 Å². The van der Waals surface area contributed by atoms with Crippen molar-refractivity contribution in [2.75, 3.05) is 0 Å². The average Bonchev–Trinajstić information content (AvgIpc) is 3.03. The molecule has 5 heteroatoms. The molecule has 1 aliphatic carbocycles. The van der Waals surface area contributed by atoms with Crippen molar-refractivity contribution in [2.45, 2.75) is 63.8 Å². The van der Waals surface area contributed by atoms with Gasteiger partial charge in [0.1, 0.15) is 0 Å². The van der Waals surface area contributed by atoms with Crippen LogP contribution in [0, 0.1) is 0 Å². The Hall–Kier alpha value is -2.50. The van der Waals surface area contributed by atoms with Gasteiger partial charge < -0.3 is 0 Å². The summed E-state index contributed by atoms with van der Waals surface area (Å²) in [6, 6.07) is 20.1. The Morgan fingerprint density at radius 1 is 0.828 bits per heavy atom. The molecular weight excluding hydrogens is 364 g/mol. The third-order valence-electron chi connectivity index (χ3n) is 5.76. The Morgan fingerprint density at radius 3 is 1.93 bits per heavy atom. The lowest BCUT2D eigenvalue weighted by atomic mass is 9.94. The molecule has 2 aromatic rings. The van der Waals surface area contributed by atoms with Crippen LogP contribution in [0.5, 0.6) is 0 Å². The van der Waals surface area contributed by atoms with Gasteiger partial charge in [-0.3, -0.25) is 19.3 Å². The smallest absolute Gasteiger partial charge is 0.261 e. The van der Waals surface area contributed by atoms with Crippen LogP contribution in [0.25, 0.3) is 0 Å². The van der Waals surface area contributed by atoms with Crippen LogP contribution >= 0.6 is 0 Å². The molecule has 0 spiro atoms. The van der Waals surface area contributed by atoms with Crippen molar-refractivity contribution >= 4 is 11.8 Å². The number of carbonyl (C=O) groups excluding carboxylic acids is 2. The van der Waals surface area contributed by atoms with Crippen LogP contribution in [0.2, 0.25) is 0 Å². The van der Waals surface area contributed by atoms with Gasteiger partial charge in [0, 0.05) is 19.1 Å². The molecule has 152 valence electrons. The maximum Gasteiger partial charge on any atom is 0.261 e. The summed E-state index contributed by atoms with van der Waals surface area (Å²) in [5.41, 5.74) is 2.20. The Bertz CT molecular complexity index is 777. The monoisotopic (exact) mass is 392 g/mol. The molecule has 5 nitrogen and oxygen atoms in total. The van der Waals surface area contributed by atoms with Gasteiger partial charge in [0.25, 0.3) is 5.91 Å². The number of likely N-dealkylation sites (tertiary alicyclic amines) is 1. The normalized spacial score (nSPS) is 20.6. The molecule has 0 aromatic heterocycles. The van der Waals surface area contributed by atoms with Crippen molar-refractivity contribution in [2.24, 2.45) is 0 Å². The van der Waals surface area contributed by atoms with Crippen molar-refractivity contribution in [3.63, 3.8) is 0 Å². The Morgan fingerprint density at radius 2 is 1.38 bits per heavy atom. The highest BCUT2D eigenvalue weighted by Gasteiger charge is 2.44. The number of hydroxylamine groups is 2. The molecule has 0 bridgehead atoms.